The summed E-state index contributed by atoms with van der Waals surface area (Å²) in [5.74, 6) is -0.484. The lowest BCUT2D eigenvalue weighted by Gasteiger charge is -2.10. The van der Waals surface area contributed by atoms with Crippen molar-refractivity contribution in [2.24, 2.45) is 0 Å². The van der Waals surface area contributed by atoms with Gasteiger partial charge in [-0.3, -0.25) is 9.59 Å². The quantitative estimate of drug-likeness (QED) is 0.492. The van der Waals surface area contributed by atoms with Crippen LogP contribution in [0.2, 0.25) is 0 Å². The third-order valence-corrected chi connectivity index (χ3v) is 5.09. The van der Waals surface area contributed by atoms with Crippen molar-refractivity contribution in [1.29, 1.82) is 0 Å². The van der Waals surface area contributed by atoms with Crippen LogP contribution in [0.4, 0.5) is 11.4 Å². The molecule has 0 aliphatic heterocycles. The largest absolute Gasteiger partial charge is 0.469 e. The molecule has 138 valence electrons. The predicted molar refractivity (Wildman–Crippen MR) is 109 cm³/mol. The van der Waals surface area contributed by atoms with Gasteiger partial charge in [0.15, 0.2) is 0 Å². The molecule has 2 aromatic carbocycles. The minimum Gasteiger partial charge on any atom is -0.469 e. The van der Waals surface area contributed by atoms with E-state index in [0.29, 0.717) is 29.8 Å². The molecular weight excluding hydrogens is 360 g/mol. The minimum absolute atomic E-state index is 0.232. The van der Waals surface area contributed by atoms with Crippen LogP contribution in [0.3, 0.4) is 0 Å². The number of nitrogens with one attached hydrogen (secondary N) is 1. The number of hydrogen-bond acceptors (Lipinski definition) is 5. The Morgan fingerprint density at radius 1 is 1.11 bits per heavy atom. The van der Waals surface area contributed by atoms with Gasteiger partial charge in [-0.2, -0.15) is 0 Å². The fourth-order valence-corrected chi connectivity index (χ4v) is 3.35. The molecule has 1 amide bonds. The van der Waals surface area contributed by atoms with Crippen LogP contribution in [0, 0.1) is 0 Å². The average molecular weight is 380 g/mol. The number of amides is 1. The highest BCUT2D eigenvalue weighted by Crippen LogP contribution is 2.30. The Hall–Kier alpha value is -3.12. The number of nitrogens with two attached hydrogens (primary N) is 1. The van der Waals surface area contributed by atoms with Crippen molar-refractivity contribution in [3.8, 4) is 10.4 Å². The number of benzene rings is 2. The fraction of sp³-hybridized carbons (Fsp3) is 0.143. The molecule has 0 fully saturated rings. The van der Waals surface area contributed by atoms with E-state index in [1.165, 1.54) is 7.11 Å². The van der Waals surface area contributed by atoms with Gasteiger partial charge in [0.2, 0.25) is 0 Å². The molecule has 5 nitrogen and oxygen atoms in total. The number of esters is 1. The third-order valence-electron chi connectivity index (χ3n) is 4.17. The van der Waals surface area contributed by atoms with Gasteiger partial charge < -0.3 is 15.8 Å². The second-order valence-electron chi connectivity index (χ2n) is 6.01. The lowest BCUT2D eigenvalue weighted by molar-refractivity contribution is -0.140. The van der Waals surface area contributed by atoms with Gasteiger partial charge in [-0.15, -0.1) is 11.3 Å². The summed E-state index contributed by atoms with van der Waals surface area (Å²) in [6.07, 6.45) is 0.887. The Morgan fingerprint density at radius 3 is 2.56 bits per heavy atom. The summed E-state index contributed by atoms with van der Waals surface area (Å²) < 4.78 is 4.63. The molecule has 1 aromatic heterocycles. The van der Waals surface area contributed by atoms with Crippen LogP contribution in [0.1, 0.15) is 22.3 Å². The molecule has 27 heavy (non-hydrogen) atoms. The van der Waals surface area contributed by atoms with Crippen molar-refractivity contribution < 1.29 is 14.3 Å². The van der Waals surface area contributed by atoms with E-state index in [0.717, 1.165) is 16.0 Å². The number of nitrogen functional groups attached to an aromatic ring is 1. The first-order chi connectivity index (χ1) is 13.1. The van der Waals surface area contributed by atoms with Gasteiger partial charge in [-0.25, -0.2) is 0 Å². The van der Waals surface area contributed by atoms with Crippen LogP contribution in [0.25, 0.3) is 10.4 Å². The molecule has 6 heteroatoms. The van der Waals surface area contributed by atoms with Crippen LogP contribution >= 0.6 is 11.3 Å². The van der Waals surface area contributed by atoms with E-state index in [4.69, 9.17) is 5.73 Å². The number of methoxy groups -OCH3 is 1. The number of ether oxygens (including phenoxy) is 1. The zero-order chi connectivity index (χ0) is 19.2. The topological polar surface area (TPSA) is 81.4 Å². The number of thiophene rings is 1. The van der Waals surface area contributed by atoms with Crippen LogP contribution < -0.4 is 11.1 Å². The smallest absolute Gasteiger partial charge is 0.305 e. The van der Waals surface area contributed by atoms with Gasteiger partial charge >= 0.3 is 5.97 Å². The van der Waals surface area contributed by atoms with Crippen LogP contribution in [0.5, 0.6) is 0 Å². The highest BCUT2D eigenvalue weighted by molar-refractivity contribution is 7.13. The number of rotatable bonds is 6. The maximum absolute atomic E-state index is 12.5. The molecule has 0 unspecified atom stereocenters. The highest BCUT2D eigenvalue weighted by atomic mass is 32.1. The average Bonchev–Trinajstić information content (AvgIpc) is 3.23. The van der Waals surface area contributed by atoms with E-state index >= 15 is 0 Å². The summed E-state index contributed by atoms with van der Waals surface area (Å²) >= 11 is 1.63. The molecule has 1 heterocycles. The molecule has 3 rings (SSSR count). The standard InChI is InChI=1S/C21H20N2O3S/c1-26-20(24)11-6-14-4-7-15(8-5-14)21(25)23-18-13-16(9-10-17(18)22)19-3-2-12-27-19/h2-5,7-10,12-13H,6,11,22H2,1H3,(H,23,25). The molecule has 0 bridgehead atoms. The molecule has 0 radical (unpaired) electrons. The number of aryl methyl sites for hydroxylation is 1. The Labute approximate surface area is 161 Å². The summed E-state index contributed by atoms with van der Waals surface area (Å²) in [5.41, 5.74) is 9.62. The van der Waals surface area contributed by atoms with E-state index in [1.54, 1.807) is 29.5 Å². The normalized spacial score (nSPS) is 10.4. The summed E-state index contributed by atoms with van der Waals surface area (Å²) in [5, 5.41) is 4.88. The van der Waals surface area contributed by atoms with Crippen LogP contribution in [-0.4, -0.2) is 19.0 Å². The maximum atomic E-state index is 12.5. The van der Waals surface area contributed by atoms with Crippen LogP contribution in [-0.2, 0) is 16.0 Å². The molecule has 0 aliphatic rings. The molecule has 3 aromatic rings. The number of carbonyl (C=O) groups is 2. The van der Waals surface area contributed by atoms with E-state index in [9.17, 15) is 9.59 Å². The molecule has 0 saturated carbocycles. The van der Waals surface area contributed by atoms with E-state index in [2.05, 4.69) is 10.1 Å². The predicted octanol–water partition coefficient (Wildman–Crippen LogP) is 4.36. The van der Waals surface area contributed by atoms with Gasteiger partial charge in [-0.1, -0.05) is 24.3 Å². The van der Waals surface area contributed by atoms with Gasteiger partial charge in [0.1, 0.15) is 0 Å². The Balaban J connectivity index is 1.70. The van der Waals surface area contributed by atoms with Crippen molar-refractivity contribution in [3.63, 3.8) is 0 Å². The zero-order valence-electron chi connectivity index (χ0n) is 14.9. The Bertz CT molecular complexity index is 935. The van der Waals surface area contributed by atoms with Gasteiger partial charge in [-0.05, 0) is 53.3 Å². The fourth-order valence-electron chi connectivity index (χ4n) is 2.63. The maximum Gasteiger partial charge on any atom is 0.305 e. The van der Waals surface area contributed by atoms with Crippen molar-refractivity contribution in [3.05, 3.63) is 71.1 Å². The zero-order valence-corrected chi connectivity index (χ0v) is 15.7. The Morgan fingerprint density at radius 2 is 1.89 bits per heavy atom. The lowest BCUT2D eigenvalue weighted by atomic mass is 10.1. The first-order valence-electron chi connectivity index (χ1n) is 8.47. The second-order valence-corrected chi connectivity index (χ2v) is 6.95. The lowest BCUT2D eigenvalue weighted by Crippen LogP contribution is -2.13. The first kappa shape index (κ1) is 18.7. The van der Waals surface area contributed by atoms with E-state index in [1.807, 2.05) is 41.8 Å². The number of anilines is 2. The molecule has 3 N–H and O–H groups in total. The molecule has 0 atom stereocenters. The van der Waals surface area contributed by atoms with Gasteiger partial charge in [0.25, 0.3) is 5.91 Å². The summed E-state index contributed by atoms with van der Waals surface area (Å²) in [7, 11) is 1.37. The third kappa shape index (κ3) is 4.74. The van der Waals surface area contributed by atoms with E-state index in [-0.39, 0.29) is 11.9 Å². The van der Waals surface area contributed by atoms with Crippen molar-refractivity contribution >= 4 is 34.6 Å². The Kier molecular flexibility index (Phi) is 5.88. The van der Waals surface area contributed by atoms with E-state index < -0.39 is 0 Å². The molecule has 0 saturated heterocycles. The number of carbonyl (C=O) groups excluding carboxylic acids is 2. The monoisotopic (exact) mass is 380 g/mol. The second kappa shape index (κ2) is 8.51. The first-order valence-corrected chi connectivity index (χ1v) is 9.35. The molecular formula is C21H20N2O3S. The van der Waals surface area contributed by atoms with Crippen molar-refractivity contribution in [1.82, 2.24) is 0 Å². The number of hydrogen-bond donors (Lipinski definition) is 2. The van der Waals surface area contributed by atoms with Gasteiger partial charge in [0.05, 0.1) is 18.5 Å². The SMILES string of the molecule is COC(=O)CCc1ccc(C(=O)Nc2cc(-c3cccs3)ccc2N)cc1. The van der Waals surface area contributed by atoms with Crippen LogP contribution in [0.15, 0.2) is 60.0 Å². The molecule has 0 aliphatic carbocycles. The summed E-state index contributed by atoms with van der Waals surface area (Å²) in [6.45, 7) is 0. The van der Waals surface area contributed by atoms with Gasteiger partial charge in [0, 0.05) is 16.9 Å². The highest BCUT2D eigenvalue weighted by Gasteiger charge is 2.10. The minimum atomic E-state index is -0.252. The summed E-state index contributed by atoms with van der Waals surface area (Å²) in [6, 6.07) is 16.8. The van der Waals surface area contributed by atoms with Crippen molar-refractivity contribution in [2.45, 2.75) is 12.8 Å². The molecule has 0 spiro atoms. The summed E-state index contributed by atoms with van der Waals surface area (Å²) in [4.78, 5) is 24.9. The van der Waals surface area contributed by atoms with Crippen molar-refractivity contribution in [2.75, 3.05) is 18.2 Å².